The number of amides is 2. The van der Waals surface area contributed by atoms with E-state index in [4.69, 9.17) is 0 Å². The molecule has 0 saturated heterocycles. The van der Waals surface area contributed by atoms with E-state index >= 15 is 0 Å². The van der Waals surface area contributed by atoms with Gasteiger partial charge in [-0.2, -0.15) is 0 Å². The Morgan fingerprint density at radius 3 is 2.33 bits per heavy atom. The van der Waals surface area contributed by atoms with Crippen molar-refractivity contribution in [2.24, 2.45) is 5.92 Å². The van der Waals surface area contributed by atoms with Gasteiger partial charge in [0.25, 0.3) is 0 Å². The number of carboxylic acids is 1. The number of hydrogen-bond acceptors (Lipinski definition) is 3. The van der Waals surface area contributed by atoms with E-state index in [-0.39, 0.29) is 24.3 Å². The molecule has 2 atom stereocenters. The second-order valence-electron chi connectivity index (χ2n) is 6.34. The molecule has 6 heteroatoms. The van der Waals surface area contributed by atoms with Gasteiger partial charge in [-0.15, -0.1) is 0 Å². The summed E-state index contributed by atoms with van der Waals surface area (Å²) in [6, 6.07) is 7.13. The lowest BCUT2D eigenvalue weighted by Crippen LogP contribution is -2.41. The zero-order valence-electron chi connectivity index (χ0n) is 13.8. The van der Waals surface area contributed by atoms with Gasteiger partial charge >= 0.3 is 5.97 Å². The third-order valence-corrected chi connectivity index (χ3v) is 4.29. The molecule has 1 aromatic rings. The SMILES string of the molecule is CC(CC(=O)N[C@H](C(=O)O)c1ccccc1)NC(=O)C1CCCC1. The van der Waals surface area contributed by atoms with Crippen LogP contribution in [0.2, 0.25) is 0 Å². The highest BCUT2D eigenvalue weighted by Crippen LogP contribution is 2.24. The summed E-state index contributed by atoms with van der Waals surface area (Å²) >= 11 is 0. The summed E-state index contributed by atoms with van der Waals surface area (Å²) in [4.78, 5) is 35.6. The van der Waals surface area contributed by atoms with Crippen LogP contribution in [0.3, 0.4) is 0 Å². The average Bonchev–Trinajstić information content (AvgIpc) is 3.07. The smallest absolute Gasteiger partial charge is 0.330 e. The second-order valence-corrected chi connectivity index (χ2v) is 6.34. The summed E-state index contributed by atoms with van der Waals surface area (Å²) in [5.41, 5.74) is 0.515. The molecule has 1 unspecified atom stereocenters. The molecule has 0 radical (unpaired) electrons. The van der Waals surface area contributed by atoms with E-state index in [9.17, 15) is 19.5 Å². The lowest BCUT2D eigenvalue weighted by molar-refractivity contribution is -0.142. The number of hydrogen-bond donors (Lipinski definition) is 3. The van der Waals surface area contributed by atoms with Crippen LogP contribution in [-0.2, 0) is 14.4 Å². The van der Waals surface area contributed by atoms with Crippen LogP contribution in [0.5, 0.6) is 0 Å². The Balaban J connectivity index is 1.86. The molecule has 1 aromatic carbocycles. The van der Waals surface area contributed by atoms with Crippen LogP contribution in [0.4, 0.5) is 0 Å². The first-order chi connectivity index (χ1) is 11.5. The monoisotopic (exact) mass is 332 g/mol. The van der Waals surface area contributed by atoms with E-state index in [1.807, 2.05) is 0 Å². The van der Waals surface area contributed by atoms with Gasteiger partial charge in [-0.25, -0.2) is 4.79 Å². The Kier molecular flexibility index (Phi) is 6.35. The molecule has 1 fully saturated rings. The van der Waals surface area contributed by atoms with Gasteiger partial charge in [0, 0.05) is 18.4 Å². The van der Waals surface area contributed by atoms with E-state index < -0.39 is 17.9 Å². The Labute approximate surface area is 141 Å². The molecule has 0 aromatic heterocycles. The highest BCUT2D eigenvalue weighted by atomic mass is 16.4. The first-order valence-electron chi connectivity index (χ1n) is 8.35. The molecule has 2 amide bonds. The fraction of sp³-hybridized carbons (Fsp3) is 0.500. The summed E-state index contributed by atoms with van der Waals surface area (Å²) < 4.78 is 0. The molecule has 1 aliphatic rings. The van der Waals surface area contributed by atoms with Gasteiger partial charge < -0.3 is 15.7 Å². The van der Waals surface area contributed by atoms with Gasteiger partial charge in [-0.3, -0.25) is 9.59 Å². The molecule has 3 N–H and O–H groups in total. The predicted molar refractivity (Wildman–Crippen MR) is 89.1 cm³/mol. The standard InChI is InChI=1S/C18H24N2O4/c1-12(19-17(22)14-9-5-6-10-14)11-15(21)20-16(18(23)24)13-7-3-2-4-8-13/h2-4,7-8,12,14,16H,5-6,9-11H2,1H3,(H,19,22)(H,20,21)(H,23,24)/t12?,16-/m0/s1. The molecule has 0 bridgehead atoms. The van der Waals surface area contributed by atoms with Crippen LogP contribution in [0.15, 0.2) is 30.3 Å². The van der Waals surface area contributed by atoms with Crippen molar-refractivity contribution in [2.75, 3.05) is 0 Å². The van der Waals surface area contributed by atoms with E-state index in [0.717, 1.165) is 25.7 Å². The maximum absolute atomic E-state index is 12.1. The van der Waals surface area contributed by atoms with E-state index in [1.165, 1.54) is 0 Å². The number of carbonyl (C=O) groups excluding carboxylic acids is 2. The molecule has 130 valence electrons. The van der Waals surface area contributed by atoms with Crippen LogP contribution < -0.4 is 10.6 Å². The van der Waals surface area contributed by atoms with Crippen molar-refractivity contribution in [1.82, 2.24) is 10.6 Å². The highest BCUT2D eigenvalue weighted by Gasteiger charge is 2.26. The maximum atomic E-state index is 12.1. The second kappa shape index (κ2) is 8.47. The fourth-order valence-electron chi connectivity index (χ4n) is 3.03. The summed E-state index contributed by atoms with van der Waals surface area (Å²) in [5, 5.41) is 14.7. The molecular formula is C18H24N2O4. The lowest BCUT2D eigenvalue weighted by Gasteiger charge is -2.19. The minimum atomic E-state index is -1.11. The molecule has 0 spiro atoms. The molecular weight excluding hydrogens is 308 g/mol. The number of benzene rings is 1. The Bertz CT molecular complexity index is 582. The van der Waals surface area contributed by atoms with Crippen molar-refractivity contribution in [3.05, 3.63) is 35.9 Å². The molecule has 2 rings (SSSR count). The van der Waals surface area contributed by atoms with Crippen LogP contribution in [0.1, 0.15) is 50.6 Å². The third-order valence-electron chi connectivity index (χ3n) is 4.29. The Hall–Kier alpha value is -2.37. The summed E-state index contributed by atoms with van der Waals surface area (Å²) in [5.74, 6) is -1.47. The molecule has 6 nitrogen and oxygen atoms in total. The van der Waals surface area contributed by atoms with Crippen LogP contribution in [0, 0.1) is 5.92 Å². The van der Waals surface area contributed by atoms with Crippen LogP contribution in [0.25, 0.3) is 0 Å². The number of rotatable bonds is 7. The predicted octanol–water partition coefficient (Wildman–Crippen LogP) is 2.01. The maximum Gasteiger partial charge on any atom is 0.330 e. The zero-order valence-corrected chi connectivity index (χ0v) is 13.8. The lowest BCUT2D eigenvalue weighted by atomic mass is 10.1. The molecule has 0 aliphatic heterocycles. The van der Waals surface area contributed by atoms with Crippen LogP contribution >= 0.6 is 0 Å². The largest absolute Gasteiger partial charge is 0.479 e. The van der Waals surface area contributed by atoms with Gasteiger partial charge in [0.15, 0.2) is 6.04 Å². The number of carboxylic acid groups (broad SMARTS) is 1. The van der Waals surface area contributed by atoms with Crippen molar-refractivity contribution in [2.45, 2.75) is 51.1 Å². The topological polar surface area (TPSA) is 95.5 Å². The summed E-state index contributed by atoms with van der Waals surface area (Å²) in [6.07, 6.45) is 4.00. The number of nitrogens with one attached hydrogen (secondary N) is 2. The molecule has 1 aliphatic carbocycles. The minimum absolute atomic E-state index is 0.00866. The van der Waals surface area contributed by atoms with Gasteiger partial charge in [0.2, 0.25) is 11.8 Å². The summed E-state index contributed by atoms with van der Waals surface area (Å²) in [6.45, 7) is 1.75. The molecule has 24 heavy (non-hydrogen) atoms. The molecule has 0 heterocycles. The first kappa shape index (κ1) is 18.0. The van der Waals surface area contributed by atoms with Crippen molar-refractivity contribution in [3.8, 4) is 0 Å². The molecule has 1 saturated carbocycles. The third kappa shape index (κ3) is 5.08. The van der Waals surface area contributed by atoms with Gasteiger partial charge in [-0.1, -0.05) is 43.2 Å². The average molecular weight is 332 g/mol. The van der Waals surface area contributed by atoms with Gasteiger partial charge in [0.1, 0.15) is 0 Å². The fourth-order valence-corrected chi connectivity index (χ4v) is 3.03. The first-order valence-corrected chi connectivity index (χ1v) is 8.35. The van der Waals surface area contributed by atoms with Crippen molar-refractivity contribution >= 4 is 17.8 Å². The van der Waals surface area contributed by atoms with E-state index in [1.54, 1.807) is 37.3 Å². The van der Waals surface area contributed by atoms with Crippen molar-refractivity contribution < 1.29 is 19.5 Å². The Morgan fingerprint density at radius 2 is 1.75 bits per heavy atom. The Morgan fingerprint density at radius 1 is 1.12 bits per heavy atom. The minimum Gasteiger partial charge on any atom is -0.479 e. The summed E-state index contributed by atoms with van der Waals surface area (Å²) in [7, 11) is 0. The highest BCUT2D eigenvalue weighted by molar-refractivity contribution is 5.85. The van der Waals surface area contributed by atoms with E-state index in [2.05, 4.69) is 10.6 Å². The zero-order chi connectivity index (χ0) is 17.5. The number of aliphatic carboxylic acids is 1. The number of carbonyl (C=O) groups is 3. The quantitative estimate of drug-likeness (QED) is 0.712. The van der Waals surface area contributed by atoms with E-state index in [0.29, 0.717) is 5.56 Å². The van der Waals surface area contributed by atoms with Gasteiger partial charge in [-0.05, 0) is 25.3 Å². The normalized spacial score (nSPS) is 17.0. The van der Waals surface area contributed by atoms with Crippen molar-refractivity contribution in [3.63, 3.8) is 0 Å². The van der Waals surface area contributed by atoms with Gasteiger partial charge in [0.05, 0.1) is 0 Å². The van der Waals surface area contributed by atoms with Crippen molar-refractivity contribution in [1.29, 1.82) is 0 Å². The van der Waals surface area contributed by atoms with Crippen LogP contribution in [-0.4, -0.2) is 28.9 Å².